The molecular weight excluding hydrogens is 142 g/mol. The lowest BCUT2D eigenvalue weighted by Gasteiger charge is -2.12. The molecule has 1 atom stereocenters. The van der Waals surface area contributed by atoms with Gasteiger partial charge in [-0.3, -0.25) is 4.79 Å². The maximum absolute atomic E-state index is 10.4. The van der Waals surface area contributed by atoms with Crippen molar-refractivity contribution in [2.45, 2.75) is 18.9 Å². The van der Waals surface area contributed by atoms with Crippen LogP contribution in [0.15, 0.2) is 0 Å². The number of hydrogen-bond acceptors (Lipinski definition) is 3. The maximum atomic E-state index is 10.4. The molecule has 1 rings (SSSR count). The second kappa shape index (κ2) is 3.69. The molecule has 0 spiro atoms. The molecule has 1 aliphatic rings. The van der Waals surface area contributed by atoms with E-state index >= 15 is 0 Å². The molecule has 11 heavy (non-hydrogen) atoms. The minimum absolute atomic E-state index is 0.231. The summed E-state index contributed by atoms with van der Waals surface area (Å²) in [5, 5.41) is 0. The Labute approximate surface area is 66.5 Å². The molecule has 0 aromatic heterocycles. The van der Waals surface area contributed by atoms with Crippen molar-refractivity contribution in [1.82, 2.24) is 4.90 Å². The van der Waals surface area contributed by atoms with Crippen LogP contribution in [0.1, 0.15) is 12.8 Å². The van der Waals surface area contributed by atoms with Crippen LogP contribution in [0.3, 0.4) is 0 Å². The Morgan fingerprint density at radius 2 is 2.36 bits per heavy atom. The molecule has 1 amide bonds. The van der Waals surface area contributed by atoms with Gasteiger partial charge in [0.25, 0.3) is 0 Å². The Hall–Kier alpha value is -0.610. The largest absolute Gasteiger partial charge is 0.370 e. The molecule has 1 unspecified atom stereocenters. The molecule has 0 bridgehead atoms. The van der Waals surface area contributed by atoms with Crippen LogP contribution in [0.2, 0.25) is 0 Å². The number of likely N-dealkylation sites (tertiary alicyclic amines) is 1. The predicted molar refractivity (Wildman–Crippen MR) is 42.8 cm³/mol. The highest BCUT2D eigenvalue weighted by molar-refractivity contribution is 5.73. The third-order valence-corrected chi connectivity index (χ3v) is 1.98. The fraction of sp³-hybridized carbons (Fsp3) is 0.857. The first-order chi connectivity index (χ1) is 5.18. The number of primary amides is 1. The fourth-order valence-electron chi connectivity index (χ4n) is 1.33. The van der Waals surface area contributed by atoms with E-state index in [1.165, 1.54) is 0 Å². The van der Waals surface area contributed by atoms with E-state index in [-0.39, 0.29) is 5.91 Å². The van der Waals surface area contributed by atoms with Crippen molar-refractivity contribution in [3.63, 3.8) is 0 Å². The van der Waals surface area contributed by atoms with E-state index in [1.54, 1.807) is 0 Å². The van der Waals surface area contributed by atoms with Gasteiger partial charge in [0, 0.05) is 25.6 Å². The molecule has 1 heterocycles. The summed E-state index contributed by atoms with van der Waals surface area (Å²) in [6.45, 7) is 2.69. The molecule has 4 N–H and O–H groups in total. The second-order valence-corrected chi connectivity index (χ2v) is 3.07. The van der Waals surface area contributed by atoms with Crippen molar-refractivity contribution in [3.8, 4) is 0 Å². The van der Waals surface area contributed by atoms with Gasteiger partial charge in [-0.15, -0.1) is 0 Å². The number of nitrogens with two attached hydrogens (primary N) is 2. The summed E-state index contributed by atoms with van der Waals surface area (Å²) in [4.78, 5) is 12.6. The average Bonchev–Trinajstić information content (AvgIpc) is 2.31. The highest BCUT2D eigenvalue weighted by Gasteiger charge is 2.18. The zero-order valence-corrected chi connectivity index (χ0v) is 6.62. The second-order valence-electron chi connectivity index (χ2n) is 3.07. The summed E-state index contributed by atoms with van der Waals surface area (Å²) in [7, 11) is 0. The molecule has 0 aliphatic carbocycles. The summed E-state index contributed by atoms with van der Waals surface area (Å²) < 4.78 is 0. The summed E-state index contributed by atoms with van der Waals surface area (Å²) in [5.74, 6) is -0.231. The normalized spacial score (nSPS) is 25.7. The van der Waals surface area contributed by atoms with Crippen LogP contribution in [-0.2, 0) is 4.79 Å². The van der Waals surface area contributed by atoms with Crippen LogP contribution < -0.4 is 11.5 Å². The lowest BCUT2D eigenvalue weighted by molar-refractivity contribution is -0.118. The zero-order chi connectivity index (χ0) is 8.27. The molecule has 0 radical (unpaired) electrons. The van der Waals surface area contributed by atoms with Crippen LogP contribution in [0, 0.1) is 0 Å². The zero-order valence-electron chi connectivity index (χ0n) is 6.62. The van der Waals surface area contributed by atoms with E-state index in [0.717, 1.165) is 26.1 Å². The number of amides is 1. The monoisotopic (exact) mass is 157 g/mol. The summed E-state index contributed by atoms with van der Waals surface area (Å²) in [6, 6.07) is 0.294. The smallest absolute Gasteiger partial charge is 0.218 e. The standard InChI is InChI=1S/C7H15N3O/c8-6-1-3-10(5-6)4-2-7(9)11/h6H,1-5,8H2,(H2,9,11). The number of carbonyl (C=O) groups excluding carboxylic acids is 1. The van der Waals surface area contributed by atoms with Gasteiger partial charge < -0.3 is 16.4 Å². The van der Waals surface area contributed by atoms with Crippen LogP contribution in [0.5, 0.6) is 0 Å². The fourth-order valence-corrected chi connectivity index (χ4v) is 1.33. The molecule has 1 saturated heterocycles. The molecule has 4 heteroatoms. The van der Waals surface area contributed by atoms with E-state index in [2.05, 4.69) is 4.90 Å². The van der Waals surface area contributed by atoms with Gasteiger partial charge in [-0.1, -0.05) is 0 Å². The Morgan fingerprint density at radius 3 is 2.82 bits per heavy atom. The van der Waals surface area contributed by atoms with Gasteiger partial charge in [0.15, 0.2) is 0 Å². The van der Waals surface area contributed by atoms with E-state index in [1.807, 2.05) is 0 Å². The predicted octanol–water partition coefficient (Wildman–Crippen LogP) is -1.11. The van der Waals surface area contributed by atoms with E-state index in [9.17, 15) is 4.79 Å². The summed E-state index contributed by atoms with van der Waals surface area (Å²) >= 11 is 0. The Morgan fingerprint density at radius 1 is 1.64 bits per heavy atom. The quantitative estimate of drug-likeness (QED) is 0.546. The SMILES string of the molecule is NC(=O)CCN1CCC(N)C1. The first-order valence-electron chi connectivity index (χ1n) is 3.94. The summed E-state index contributed by atoms with van der Waals surface area (Å²) in [5.41, 5.74) is 10.7. The maximum Gasteiger partial charge on any atom is 0.218 e. The minimum Gasteiger partial charge on any atom is -0.370 e. The number of carbonyl (C=O) groups is 1. The first-order valence-corrected chi connectivity index (χ1v) is 3.94. The number of rotatable bonds is 3. The molecule has 0 saturated carbocycles. The first kappa shape index (κ1) is 8.49. The van der Waals surface area contributed by atoms with Gasteiger partial charge in [0.1, 0.15) is 0 Å². The molecular formula is C7H15N3O. The highest BCUT2D eigenvalue weighted by Crippen LogP contribution is 2.06. The van der Waals surface area contributed by atoms with E-state index < -0.39 is 0 Å². The Bertz CT molecular complexity index is 149. The van der Waals surface area contributed by atoms with Gasteiger partial charge in [-0.05, 0) is 13.0 Å². The Balaban J connectivity index is 2.13. The molecule has 1 fully saturated rings. The van der Waals surface area contributed by atoms with Gasteiger partial charge in [-0.2, -0.15) is 0 Å². The van der Waals surface area contributed by atoms with Crippen molar-refractivity contribution >= 4 is 5.91 Å². The van der Waals surface area contributed by atoms with Gasteiger partial charge in [-0.25, -0.2) is 0 Å². The van der Waals surface area contributed by atoms with Crippen molar-refractivity contribution in [2.75, 3.05) is 19.6 Å². The van der Waals surface area contributed by atoms with Crippen molar-refractivity contribution in [1.29, 1.82) is 0 Å². The van der Waals surface area contributed by atoms with Crippen molar-refractivity contribution in [2.24, 2.45) is 11.5 Å². The highest BCUT2D eigenvalue weighted by atomic mass is 16.1. The van der Waals surface area contributed by atoms with Gasteiger partial charge in [0.2, 0.25) is 5.91 Å². The van der Waals surface area contributed by atoms with Crippen molar-refractivity contribution < 1.29 is 4.79 Å². The van der Waals surface area contributed by atoms with Crippen molar-refractivity contribution in [3.05, 3.63) is 0 Å². The molecule has 4 nitrogen and oxygen atoms in total. The van der Waals surface area contributed by atoms with Crippen LogP contribution >= 0.6 is 0 Å². The average molecular weight is 157 g/mol. The van der Waals surface area contributed by atoms with Crippen LogP contribution in [0.25, 0.3) is 0 Å². The molecule has 0 aromatic carbocycles. The van der Waals surface area contributed by atoms with Gasteiger partial charge in [0.05, 0.1) is 0 Å². The molecule has 64 valence electrons. The number of hydrogen-bond donors (Lipinski definition) is 2. The molecule has 0 aromatic rings. The van der Waals surface area contributed by atoms with Gasteiger partial charge >= 0.3 is 0 Å². The van der Waals surface area contributed by atoms with E-state index in [0.29, 0.717) is 12.5 Å². The van der Waals surface area contributed by atoms with Crippen LogP contribution in [0.4, 0.5) is 0 Å². The molecule has 1 aliphatic heterocycles. The topological polar surface area (TPSA) is 72.4 Å². The minimum atomic E-state index is -0.231. The lowest BCUT2D eigenvalue weighted by atomic mass is 10.3. The lowest BCUT2D eigenvalue weighted by Crippen LogP contribution is -2.29. The Kier molecular flexibility index (Phi) is 2.84. The van der Waals surface area contributed by atoms with Crippen LogP contribution in [-0.4, -0.2) is 36.5 Å². The third kappa shape index (κ3) is 2.86. The third-order valence-electron chi connectivity index (χ3n) is 1.98. The van der Waals surface area contributed by atoms with E-state index in [4.69, 9.17) is 11.5 Å². The summed E-state index contributed by atoms with van der Waals surface area (Å²) in [6.07, 6.45) is 1.49. The number of nitrogens with zero attached hydrogens (tertiary/aromatic N) is 1.